The predicted octanol–water partition coefficient (Wildman–Crippen LogP) is 1.97. The van der Waals surface area contributed by atoms with E-state index in [1.54, 1.807) is 0 Å². The van der Waals surface area contributed by atoms with Gasteiger partial charge in [0.25, 0.3) is 0 Å². The second-order valence-electron chi connectivity index (χ2n) is 4.45. The Bertz CT molecular complexity index is 743. The third kappa shape index (κ3) is 3.49. The number of nitrogen functional groups attached to an aromatic ring is 1. The summed E-state index contributed by atoms with van der Waals surface area (Å²) in [6, 6.07) is 4.17. The minimum absolute atomic E-state index is 0.0208. The number of hydrogen-bond donors (Lipinski definition) is 1. The third-order valence-electron chi connectivity index (χ3n) is 2.67. The van der Waals surface area contributed by atoms with Gasteiger partial charge in [-0.25, -0.2) is 12.8 Å². The SMILES string of the molecule is CS(=O)(=O)CCn1cc(N)c(-c2ccc(F)c(Cl)c2)n1. The Morgan fingerprint density at radius 3 is 2.75 bits per heavy atom. The number of benzene rings is 1. The van der Waals surface area contributed by atoms with Crippen LogP contribution < -0.4 is 5.73 Å². The number of nitrogens with zero attached hydrogens (tertiary/aromatic N) is 2. The second-order valence-corrected chi connectivity index (χ2v) is 7.12. The lowest BCUT2D eigenvalue weighted by molar-refractivity contribution is 0.586. The number of hydrogen-bond acceptors (Lipinski definition) is 4. The zero-order chi connectivity index (χ0) is 14.9. The summed E-state index contributed by atoms with van der Waals surface area (Å²) in [5.41, 5.74) is 7.23. The number of aryl methyl sites for hydroxylation is 1. The van der Waals surface area contributed by atoms with Gasteiger partial charge in [0.15, 0.2) is 0 Å². The van der Waals surface area contributed by atoms with E-state index in [4.69, 9.17) is 17.3 Å². The van der Waals surface area contributed by atoms with Crippen LogP contribution in [0.5, 0.6) is 0 Å². The Morgan fingerprint density at radius 2 is 2.15 bits per heavy atom. The van der Waals surface area contributed by atoms with Gasteiger partial charge >= 0.3 is 0 Å². The molecule has 0 atom stereocenters. The van der Waals surface area contributed by atoms with Gasteiger partial charge in [-0.2, -0.15) is 5.10 Å². The Morgan fingerprint density at radius 1 is 1.45 bits per heavy atom. The molecule has 1 heterocycles. The Kier molecular flexibility index (Phi) is 4.01. The number of rotatable bonds is 4. The highest BCUT2D eigenvalue weighted by Gasteiger charge is 2.12. The predicted molar refractivity (Wildman–Crippen MR) is 76.8 cm³/mol. The first kappa shape index (κ1) is 14.8. The van der Waals surface area contributed by atoms with Crippen LogP contribution in [0.2, 0.25) is 5.02 Å². The summed E-state index contributed by atoms with van der Waals surface area (Å²) in [4.78, 5) is 0. The molecule has 0 saturated carbocycles. The largest absolute Gasteiger partial charge is 0.396 e. The third-order valence-corrected chi connectivity index (χ3v) is 3.89. The van der Waals surface area contributed by atoms with Gasteiger partial charge in [0.05, 0.1) is 23.0 Å². The van der Waals surface area contributed by atoms with Crippen LogP contribution in [-0.2, 0) is 16.4 Å². The highest BCUT2D eigenvalue weighted by Crippen LogP contribution is 2.27. The monoisotopic (exact) mass is 317 g/mol. The second kappa shape index (κ2) is 5.41. The minimum Gasteiger partial charge on any atom is -0.396 e. The van der Waals surface area contributed by atoms with Crippen LogP contribution >= 0.6 is 11.6 Å². The van der Waals surface area contributed by atoms with Gasteiger partial charge in [0.1, 0.15) is 21.3 Å². The van der Waals surface area contributed by atoms with E-state index in [0.29, 0.717) is 16.9 Å². The van der Waals surface area contributed by atoms with Gasteiger partial charge in [-0.3, -0.25) is 4.68 Å². The molecule has 5 nitrogen and oxygen atoms in total. The maximum absolute atomic E-state index is 13.1. The average Bonchev–Trinajstić information content (AvgIpc) is 2.71. The highest BCUT2D eigenvalue weighted by atomic mass is 35.5. The van der Waals surface area contributed by atoms with Gasteiger partial charge in [0.2, 0.25) is 0 Å². The molecule has 2 aromatic rings. The quantitative estimate of drug-likeness (QED) is 0.935. The maximum Gasteiger partial charge on any atom is 0.149 e. The van der Waals surface area contributed by atoms with E-state index in [1.165, 1.54) is 29.1 Å². The van der Waals surface area contributed by atoms with Crippen molar-refractivity contribution in [1.29, 1.82) is 0 Å². The molecule has 0 unspecified atom stereocenters. The van der Waals surface area contributed by atoms with E-state index in [9.17, 15) is 12.8 Å². The van der Waals surface area contributed by atoms with Crippen LogP contribution in [0.4, 0.5) is 10.1 Å². The van der Waals surface area contributed by atoms with E-state index in [1.807, 2.05) is 0 Å². The van der Waals surface area contributed by atoms with Crippen molar-refractivity contribution in [2.45, 2.75) is 6.54 Å². The van der Waals surface area contributed by atoms with Crippen LogP contribution in [-0.4, -0.2) is 30.2 Å². The molecule has 0 aliphatic carbocycles. The molecule has 0 bridgehead atoms. The number of nitrogens with two attached hydrogens (primary N) is 1. The van der Waals surface area contributed by atoms with Crippen molar-refractivity contribution < 1.29 is 12.8 Å². The van der Waals surface area contributed by atoms with E-state index >= 15 is 0 Å². The lowest BCUT2D eigenvalue weighted by Gasteiger charge is -2.01. The van der Waals surface area contributed by atoms with Gasteiger partial charge in [-0.15, -0.1) is 0 Å². The molecule has 0 spiro atoms. The summed E-state index contributed by atoms with van der Waals surface area (Å²) in [5.74, 6) is -0.553. The lowest BCUT2D eigenvalue weighted by atomic mass is 10.1. The molecular weight excluding hydrogens is 305 g/mol. The van der Waals surface area contributed by atoms with Gasteiger partial charge in [-0.05, 0) is 18.2 Å². The molecule has 1 aromatic carbocycles. The molecule has 2 rings (SSSR count). The topological polar surface area (TPSA) is 78.0 Å². The highest BCUT2D eigenvalue weighted by molar-refractivity contribution is 7.90. The first-order valence-electron chi connectivity index (χ1n) is 5.72. The van der Waals surface area contributed by atoms with Crippen molar-refractivity contribution in [1.82, 2.24) is 9.78 Å². The number of aromatic nitrogens is 2. The van der Waals surface area contributed by atoms with Crippen molar-refractivity contribution >= 4 is 27.1 Å². The van der Waals surface area contributed by atoms with Crippen LogP contribution in [0.3, 0.4) is 0 Å². The minimum atomic E-state index is -3.08. The van der Waals surface area contributed by atoms with Gasteiger partial charge < -0.3 is 5.73 Å². The molecule has 1 aromatic heterocycles. The Labute approximate surface area is 121 Å². The first-order valence-corrected chi connectivity index (χ1v) is 8.16. The van der Waals surface area contributed by atoms with Crippen molar-refractivity contribution in [2.75, 3.05) is 17.7 Å². The Balaban J connectivity index is 2.29. The molecule has 0 fully saturated rings. The van der Waals surface area contributed by atoms with Crippen molar-refractivity contribution in [3.8, 4) is 11.3 Å². The molecule has 0 aliphatic rings. The smallest absolute Gasteiger partial charge is 0.149 e. The summed E-state index contributed by atoms with van der Waals surface area (Å²) >= 11 is 5.71. The molecule has 0 saturated heterocycles. The normalized spacial score (nSPS) is 11.8. The zero-order valence-corrected chi connectivity index (χ0v) is 12.2. The van der Waals surface area contributed by atoms with E-state index in [-0.39, 0.29) is 17.3 Å². The molecule has 8 heteroatoms. The summed E-state index contributed by atoms with van der Waals surface area (Å²) < 4.78 is 36.8. The fraction of sp³-hybridized carbons (Fsp3) is 0.250. The number of sulfone groups is 1. The molecule has 0 amide bonds. The summed E-state index contributed by atoms with van der Waals surface area (Å²) in [6.45, 7) is 0.206. The average molecular weight is 318 g/mol. The number of anilines is 1. The summed E-state index contributed by atoms with van der Waals surface area (Å²) in [6.07, 6.45) is 2.69. The van der Waals surface area contributed by atoms with Crippen LogP contribution in [0.15, 0.2) is 24.4 Å². The van der Waals surface area contributed by atoms with Crippen molar-refractivity contribution in [3.63, 3.8) is 0 Å². The van der Waals surface area contributed by atoms with Gasteiger partial charge in [-0.1, -0.05) is 11.6 Å². The molecule has 20 heavy (non-hydrogen) atoms. The van der Waals surface area contributed by atoms with Crippen LogP contribution in [0.25, 0.3) is 11.3 Å². The van der Waals surface area contributed by atoms with E-state index < -0.39 is 15.7 Å². The molecular formula is C12H13ClFN3O2S. The molecule has 2 N–H and O–H groups in total. The van der Waals surface area contributed by atoms with Crippen LogP contribution in [0, 0.1) is 5.82 Å². The van der Waals surface area contributed by atoms with E-state index in [0.717, 1.165) is 6.26 Å². The zero-order valence-electron chi connectivity index (χ0n) is 10.7. The van der Waals surface area contributed by atoms with Gasteiger partial charge in [0, 0.05) is 18.0 Å². The van der Waals surface area contributed by atoms with Crippen molar-refractivity contribution in [3.05, 3.63) is 35.2 Å². The molecule has 108 valence electrons. The fourth-order valence-electron chi connectivity index (χ4n) is 1.68. The lowest BCUT2D eigenvalue weighted by Crippen LogP contribution is -2.11. The summed E-state index contributed by atoms with van der Waals surface area (Å²) in [7, 11) is -3.08. The first-order chi connectivity index (χ1) is 9.26. The molecule has 0 radical (unpaired) electrons. The fourth-order valence-corrected chi connectivity index (χ4v) is 2.38. The summed E-state index contributed by atoms with van der Waals surface area (Å²) in [5, 5.41) is 4.18. The van der Waals surface area contributed by atoms with E-state index in [2.05, 4.69) is 5.10 Å². The number of halogens is 2. The molecule has 0 aliphatic heterocycles. The Hall–Kier alpha value is -1.60. The standard InChI is InChI=1S/C12H13ClFN3O2S/c1-20(18,19)5-4-17-7-11(15)12(16-17)8-2-3-10(14)9(13)6-8/h2-3,6-7H,4-5,15H2,1H3. The van der Waals surface area contributed by atoms with Crippen LogP contribution in [0.1, 0.15) is 0 Å². The van der Waals surface area contributed by atoms with Crippen molar-refractivity contribution in [2.24, 2.45) is 0 Å². The maximum atomic E-state index is 13.1.